The molecule has 3 fully saturated rings. The van der Waals surface area contributed by atoms with Gasteiger partial charge in [-0.1, -0.05) is 46.2 Å². The molecule has 2 saturated heterocycles. The molecule has 1 saturated carbocycles. The molecule has 42 heavy (non-hydrogen) atoms. The number of carbonyl (C=O) groups is 1. The van der Waals surface area contributed by atoms with Crippen LogP contribution in [0.25, 0.3) is 0 Å². The summed E-state index contributed by atoms with van der Waals surface area (Å²) in [6.07, 6.45) is 5.76. The van der Waals surface area contributed by atoms with Gasteiger partial charge in [0, 0.05) is 68.1 Å². The molecule has 1 aliphatic carbocycles. The standard InChI is InChI=1S/C32H43ClN6O3/c1-20-18-39(13-8-22(20)19-38-11-9-24(40)10-12-38)30-35-16-23(17-36-30)27(41)37-28-31(2,3)29(32(28,4)5)42-25-7-6-21(15-34)26(33)14-25/h6-7,14,16-17,20,22,24,28-29,40H,8-13,18-19H2,1-5H3,(H,37,41)/t20-,22-,28?,29?/m1/s1. The molecule has 9 nitrogen and oxygen atoms in total. The van der Waals surface area contributed by atoms with Crippen LogP contribution in [0.1, 0.15) is 69.8 Å². The predicted octanol–water partition coefficient (Wildman–Crippen LogP) is 4.53. The van der Waals surface area contributed by atoms with Crippen molar-refractivity contribution in [2.45, 2.75) is 72.1 Å². The number of likely N-dealkylation sites (tertiary alicyclic amines) is 1. The largest absolute Gasteiger partial charge is 0.489 e. The number of carbonyl (C=O) groups excluding carboxylic acids is 1. The summed E-state index contributed by atoms with van der Waals surface area (Å²) in [5.41, 5.74) is 0.135. The molecule has 3 aliphatic rings. The van der Waals surface area contributed by atoms with E-state index in [4.69, 9.17) is 21.6 Å². The van der Waals surface area contributed by atoms with Crippen LogP contribution in [0.3, 0.4) is 0 Å². The number of rotatable bonds is 7. The van der Waals surface area contributed by atoms with E-state index < -0.39 is 0 Å². The van der Waals surface area contributed by atoms with Crippen molar-refractivity contribution < 1.29 is 14.6 Å². The molecule has 1 aromatic heterocycles. The summed E-state index contributed by atoms with van der Waals surface area (Å²) in [4.78, 5) is 27.2. The van der Waals surface area contributed by atoms with E-state index in [2.05, 4.69) is 65.8 Å². The molecule has 2 aliphatic heterocycles. The minimum absolute atomic E-state index is 0.138. The average molecular weight is 595 g/mol. The Bertz CT molecular complexity index is 1300. The van der Waals surface area contributed by atoms with E-state index in [0.29, 0.717) is 39.7 Å². The molecule has 3 heterocycles. The van der Waals surface area contributed by atoms with E-state index in [0.717, 1.165) is 52.0 Å². The van der Waals surface area contributed by atoms with Crippen LogP contribution in [-0.2, 0) is 0 Å². The van der Waals surface area contributed by atoms with Crippen LogP contribution >= 0.6 is 11.6 Å². The van der Waals surface area contributed by atoms with E-state index in [1.807, 2.05) is 0 Å². The Hall–Kier alpha value is -2.93. The zero-order chi connectivity index (χ0) is 30.2. The first-order valence-corrected chi connectivity index (χ1v) is 15.4. The number of aliphatic hydroxyl groups is 1. The topological polar surface area (TPSA) is 115 Å². The van der Waals surface area contributed by atoms with Gasteiger partial charge in [0.15, 0.2) is 0 Å². The van der Waals surface area contributed by atoms with Crippen LogP contribution in [0, 0.1) is 34.0 Å². The number of anilines is 1. The third-order valence-corrected chi connectivity index (χ3v) is 10.1. The Labute approximate surface area is 254 Å². The first kappa shape index (κ1) is 30.5. The number of aliphatic hydroxyl groups excluding tert-OH is 1. The Morgan fingerprint density at radius 1 is 1.14 bits per heavy atom. The summed E-state index contributed by atoms with van der Waals surface area (Å²) in [6, 6.07) is 7.01. The quantitative estimate of drug-likeness (QED) is 0.480. The third-order valence-electron chi connectivity index (χ3n) is 9.75. The van der Waals surface area contributed by atoms with Gasteiger partial charge in [-0.25, -0.2) is 9.97 Å². The van der Waals surface area contributed by atoms with E-state index in [-0.39, 0.29) is 35.0 Å². The van der Waals surface area contributed by atoms with E-state index >= 15 is 0 Å². The van der Waals surface area contributed by atoms with Crippen molar-refractivity contribution in [3.8, 4) is 11.8 Å². The van der Waals surface area contributed by atoms with Crippen LogP contribution in [0.4, 0.5) is 5.95 Å². The highest BCUT2D eigenvalue weighted by Gasteiger charge is 2.64. The van der Waals surface area contributed by atoms with Crippen LogP contribution < -0.4 is 15.0 Å². The zero-order valence-corrected chi connectivity index (χ0v) is 26.1. The number of aromatic nitrogens is 2. The van der Waals surface area contributed by atoms with Gasteiger partial charge < -0.3 is 25.0 Å². The monoisotopic (exact) mass is 594 g/mol. The molecule has 2 N–H and O–H groups in total. The minimum atomic E-state index is -0.352. The lowest BCUT2D eigenvalue weighted by Crippen LogP contribution is -2.74. The van der Waals surface area contributed by atoms with Crippen molar-refractivity contribution in [1.29, 1.82) is 5.26 Å². The van der Waals surface area contributed by atoms with Gasteiger partial charge in [0.2, 0.25) is 5.95 Å². The van der Waals surface area contributed by atoms with Gasteiger partial charge in [-0.15, -0.1) is 0 Å². The van der Waals surface area contributed by atoms with Crippen molar-refractivity contribution in [2.24, 2.45) is 22.7 Å². The number of hydrogen-bond donors (Lipinski definition) is 2. The highest BCUT2D eigenvalue weighted by atomic mass is 35.5. The second-order valence-corrected chi connectivity index (χ2v) is 14.0. The van der Waals surface area contributed by atoms with Crippen molar-refractivity contribution in [2.75, 3.05) is 37.6 Å². The fourth-order valence-electron chi connectivity index (χ4n) is 7.49. The molecule has 1 amide bonds. The van der Waals surface area contributed by atoms with Crippen molar-refractivity contribution in [3.05, 3.63) is 46.7 Å². The molecule has 1 aromatic carbocycles. The van der Waals surface area contributed by atoms with Crippen LogP contribution in [-0.4, -0.2) is 76.9 Å². The van der Waals surface area contributed by atoms with Crippen molar-refractivity contribution in [1.82, 2.24) is 20.2 Å². The summed E-state index contributed by atoms with van der Waals surface area (Å²) in [6.45, 7) is 15.5. The van der Waals surface area contributed by atoms with Gasteiger partial charge in [0.25, 0.3) is 5.91 Å². The molecule has 226 valence electrons. The summed E-state index contributed by atoms with van der Waals surface area (Å²) in [7, 11) is 0. The second kappa shape index (κ2) is 12.0. The molecule has 2 aromatic rings. The van der Waals surface area contributed by atoms with Gasteiger partial charge in [0.05, 0.1) is 22.3 Å². The lowest BCUT2D eigenvalue weighted by molar-refractivity contribution is -0.164. The second-order valence-electron chi connectivity index (χ2n) is 13.6. The molecular weight excluding hydrogens is 552 g/mol. The molecular formula is C32H43ClN6O3. The Morgan fingerprint density at radius 2 is 1.81 bits per heavy atom. The minimum Gasteiger partial charge on any atom is -0.489 e. The summed E-state index contributed by atoms with van der Waals surface area (Å²) < 4.78 is 6.34. The number of nitriles is 1. The zero-order valence-electron chi connectivity index (χ0n) is 25.3. The SMILES string of the molecule is C[C@@H]1CN(c2ncc(C(=O)NC3C(C)(C)C(Oc4ccc(C#N)c(Cl)c4)C3(C)C)cn2)CC[C@@H]1CN1CCC(O)CC1. The molecule has 5 rings (SSSR count). The van der Waals surface area contributed by atoms with E-state index in [1.165, 1.54) is 0 Å². The van der Waals surface area contributed by atoms with Gasteiger partial charge >= 0.3 is 0 Å². The number of nitrogens with one attached hydrogen (secondary N) is 1. The molecule has 0 spiro atoms. The maximum Gasteiger partial charge on any atom is 0.254 e. The average Bonchev–Trinajstić information content (AvgIpc) is 2.96. The molecule has 0 radical (unpaired) electrons. The lowest BCUT2D eigenvalue weighted by Gasteiger charge is -2.63. The number of amides is 1. The normalized spacial score (nSPS) is 27.5. The highest BCUT2D eigenvalue weighted by molar-refractivity contribution is 6.31. The fraction of sp³-hybridized carbons (Fsp3) is 0.625. The third kappa shape index (κ3) is 6.08. The maximum absolute atomic E-state index is 13.3. The van der Waals surface area contributed by atoms with Gasteiger partial charge in [-0.2, -0.15) is 5.26 Å². The maximum atomic E-state index is 13.3. The Balaban J connectivity index is 1.16. The number of piperidine rings is 2. The van der Waals surface area contributed by atoms with Gasteiger partial charge in [0.1, 0.15) is 17.9 Å². The molecule has 2 atom stereocenters. The van der Waals surface area contributed by atoms with E-state index in [1.54, 1.807) is 30.6 Å². The fourth-order valence-corrected chi connectivity index (χ4v) is 7.71. The van der Waals surface area contributed by atoms with E-state index in [9.17, 15) is 9.90 Å². The molecule has 0 bridgehead atoms. The van der Waals surface area contributed by atoms with Crippen LogP contribution in [0.2, 0.25) is 5.02 Å². The smallest absolute Gasteiger partial charge is 0.254 e. The number of hydrogen-bond acceptors (Lipinski definition) is 8. The Morgan fingerprint density at radius 3 is 2.40 bits per heavy atom. The summed E-state index contributed by atoms with van der Waals surface area (Å²) >= 11 is 6.21. The Kier molecular flexibility index (Phi) is 8.71. The molecule has 10 heteroatoms. The number of ether oxygens (including phenoxy) is 1. The number of benzene rings is 1. The van der Waals surface area contributed by atoms with Crippen molar-refractivity contribution >= 4 is 23.5 Å². The highest BCUT2D eigenvalue weighted by Crippen LogP contribution is 2.55. The predicted molar refractivity (Wildman–Crippen MR) is 163 cm³/mol. The van der Waals surface area contributed by atoms with Gasteiger partial charge in [-0.05, 0) is 43.2 Å². The van der Waals surface area contributed by atoms with Crippen LogP contribution in [0.15, 0.2) is 30.6 Å². The first-order valence-electron chi connectivity index (χ1n) is 15.0. The summed E-state index contributed by atoms with van der Waals surface area (Å²) in [5, 5.41) is 22.5. The van der Waals surface area contributed by atoms with Crippen LogP contribution in [0.5, 0.6) is 5.75 Å². The number of halogens is 1. The molecule has 0 unspecified atom stereocenters. The van der Waals surface area contributed by atoms with Crippen molar-refractivity contribution in [3.63, 3.8) is 0 Å². The lowest BCUT2D eigenvalue weighted by atomic mass is 9.49. The number of nitrogens with zero attached hydrogens (tertiary/aromatic N) is 5. The van der Waals surface area contributed by atoms with Gasteiger partial charge in [-0.3, -0.25) is 4.79 Å². The first-order chi connectivity index (χ1) is 19.9. The summed E-state index contributed by atoms with van der Waals surface area (Å²) in [5.74, 6) is 2.19.